The molecule has 166 valence electrons. The van der Waals surface area contributed by atoms with Crippen LogP contribution in [0, 0.1) is 0 Å². The highest BCUT2D eigenvalue weighted by molar-refractivity contribution is 8.15. The lowest BCUT2D eigenvalue weighted by molar-refractivity contribution is -0.120. The minimum absolute atomic E-state index is 0.0547. The highest BCUT2D eigenvalue weighted by atomic mass is 32.2. The molecule has 0 amide bonds. The summed E-state index contributed by atoms with van der Waals surface area (Å²) in [4.78, 5) is 29.4. The van der Waals surface area contributed by atoms with Gasteiger partial charge in [0.15, 0.2) is 5.12 Å². The summed E-state index contributed by atoms with van der Waals surface area (Å²) in [5.41, 5.74) is 3.29. The molecule has 6 heteroatoms. The SMILES string of the molecule is CCc1ccc(CCOc2ccc(CC(CC)(SC(=O)CC3CN3)C(C)=O)cc2)nc1. The highest BCUT2D eigenvalue weighted by Gasteiger charge is 2.38. The number of Topliss-reactive ketones (excluding diaryl/α,β-unsaturated/α-hetero) is 1. The predicted molar refractivity (Wildman–Crippen MR) is 126 cm³/mol. The fourth-order valence-corrected chi connectivity index (χ4v) is 4.73. The van der Waals surface area contributed by atoms with Crippen molar-refractivity contribution in [3.05, 3.63) is 59.4 Å². The van der Waals surface area contributed by atoms with Crippen molar-refractivity contribution in [3.63, 3.8) is 0 Å². The standard InChI is InChI=1S/C25H32N2O3S/c1-4-19-6-9-21(26-16-19)12-13-30-23-10-7-20(8-11-23)15-25(5-2,18(3)28)31-24(29)14-22-17-27-22/h6-11,16,22,27H,4-5,12-15,17H2,1-3H3. The van der Waals surface area contributed by atoms with E-state index < -0.39 is 4.75 Å². The van der Waals surface area contributed by atoms with E-state index in [-0.39, 0.29) is 16.9 Å². The molecule has 0 spiro atoms. The Hall–Kier alpha value is -2.18. The summed E-state index contributed by atoms with van der Waals surface area (Å²) in [6, 6.07) is 12.3. The predicted octanol–water partition coefficient (Wildman–Crippen LogP) is 4.17. The van der Waals surface area contributed by atoms with E-state index in [9.17, 15) is 9.59 Å². The molecule has 2 atom stereocenters. The monoisotopic (exact) mass is 440 g/mol. The third kappa shape index (κ3) is 6.91. The third-order valence-electron chi connectivity index (χ3n) is 5.76. The van der Waals surface area contributed by atoms with Crippen LogP contribution in [0.1, 0.15) is 50.4 Å². The average molecular weight is 441 g/mol. The summed E-state index contributed by atoms with van der Waals surface area (Å²) in [5, 5.41) is 3.24. The smallest absolute Gasteiger partial charge is 0.191 e. The van der Waals surface area contributed by atoms with Crippen molar-refractivity contribution in [2.45, 2.75) is 63.7 Å². The number of aryl methyl sites for hydroxylation is 1. The number of hydrogen-bond donors (Lipinski definition) is 1. The van der Waals surface area contributed by atoms with Crippen LogP contribution < -0.4 is 10.1 Å². The number of nitrogens with one attached hydrogen (secondary N) is 1. The highest BCUT2D eigenvalue weighted by Crippen LogP contribution is 2.36. The van der Waals surface area contributed by atoms with E-state index in [1.54, 1.807) is 6.92 Å². The zero-order valence-corrected chi connectivity index (χ0v) is 19.5. The Morgan fingerprint density at radius 2 is 1.87 bits per heavy atom. The van der Waals surface area contributed by atoms with Crippen LogP contribution in [-0.2, 0) is 28.9 Å². The van der Waals surface area contributed by atoms with Gasteiger partial charge < -0.3 is 10.1 Å². The number of ketones is 1. The van der Waals surface area contributed by atoms with Crippen LogP contribution in [0.3, 0.4) is 0 Å². The van der Waals surface area contributed by atoms with E-state index in [0.717, 1.165) is 36.4 Å². The summed E-state index contributed by atoms with van der Waals surface area (Å²) in [6.45, 7) is 7.15. The van der Waals surface area contributed by atoms with E-state index >= 15 is 0 Å². The van der Waals surface area contributed by atoms with Gasteiger partial charge in [0.25, 0.3) is 0 Å². The Morgan fingerprint density at radius 3 is 2.42 bits per heavy atom. The number of ether oxygens (including phenoxy) is 1. The van der Waals surface area contributed by atoms with E-state index in [1.165, 1.54) is 17.3 Å². The first kappa shape index (κ1) is 23.5. The zero-order chi connectivity index (χ0) is 22.3. The molecule has 0 saturated carbocycles. The minimum atomic E-state index is -0.704. The Balaban J connectivity index is 1.55. The molecule has 1 aliphatic rings. The van der Waals surface area contributed by atoms with Crippen LogP contribution in [0.15, 0.2) is 42.6 Å². The molecule has 0 aliphatic carbocycles. The quantitative estimate of drug-likeness (QED) is 0.499. The lowest BCUT2D eigenvalue weighted by Crippen LogP contribution is -2.36. The van der Waals surface area contributed by atoms with Crippen molar-refractivity contribution >= 4 is 22.7 Å². The third-order valence-corrected chi connectivity index (χ3v) is 7.27. The molecule has 1 saturated heterocycles. The average Bonchev–Trinajstić information content (AvgIpc) is 3.58. The summed E-state index contributed by atoms with van der Waals surface area (Å²) in [6.07, 6.45) is 5.32. The van der Waals surface area contributed by atoms with Crippen LogP contribution in [0.2, 0.25) is 0 Å². The Morgan fingerprint density at radius 1 is 1.16 bits per heavy atom. The fraction of sp³-hybridized carbons (Fsp3) is 0.480. The number of benzene rings is 1. The van der Waals surface area contributed by atoms with Gasteiger partial charge in [0.05, 0.1) is 11.4 Å². The molecule has 3 rings (SSSR count). The summed E-state index contributed by atoms with van der Waals surface area (Å²) in [7, 11) is 0. The number of thioether (sulfide) groups is 1. The number of nitrogens with zero attached hydrogens (tertiary/aromatic N) is 1. The molecule has 2 aromatic rings. The van der Waals surface area contributed by atoms with Gasteiger partial charge in [-0.3, -0.25) is 14.6 Å². The maximum absolute atomic E-state index is 12.5. The second-order valence-corrected chi connectivity index (χ2v) is 9.56. The lowest BCUT2D eigenvalue weighted by Gasteiger charge is -2.29. The maximum atomic E-state index is 12.5. The van der Waals surface area contributed by atoms with Crippen molar-refractivity contribution in [3.8, 4) is 5.75 Å². The number of aromatic nitrogens is 1. The molecule has 0 bridgehead atoms. The largest absolute Gasteiger partial charge is 0.493 e. The fourth-order valence-electron chi connectivity index (χ4n) is 3.49. The Labute approximate surface area is 189 Å². The van der Waals surface area contributed by atoms with Gasteiger partial charge in [-0.2, -0.15) is 0 Å². The normalized spacial score (nSPS) is 17.1. The van der Waals surface area contributed by atoms with Crippen molar-refractivity contribution in [2.75, 3.05) is 13.2 Å². The van der Waals surface area contributed by atoms with Crippen LogP contribution >= 0.6 is 11.8 Å². The van der Waals surface area contributed by atoms with Crippen LogP contribution in [0.4, 0.5) is 0 Å². The summed E-state index contributed by atoms with van der Waals surface area (Å²) < 4.78 is 5.16. The molecule has 31 heavy (non-hydrogen) atoms. The molecule has 1 aromatic carbocycles. The van der Waals surface area contributed by atoms with Crippen molar-refractivity contribution in [1.82, 2.24) is 10.3 Å². The number of carbonyl (C=O) groups excluding carboxylic acids is 2. The molecule has 2 unspecified atom stereocenters. The molecular formula is C25H32N2O3S. The van der Waals surface area contributed by atoms with Gasteiger partial charge in [0, 0.05) is 37.3 Å². The van der Waals surface area contributed by atoms with Gasteiger partial charge in [-0.1, -0.05) is 43.8 Å². The second kappa shape index (κ2) is 10.9. The maximum Gasteiger partial charge on any atom is 0.191 e. The number of pyridine rings is 1. The summed E-state index contributed by atoms with van der Waals surface area (Å²) >= 11 is 1.22. The van der Waals surface area contributed by atoms with Crippen molar-refractivity contribution in [1.29, 1.82) is 0 Å². The number of hydrogen-bond acceptors (Lipinski definition) is 6. The van der Waals surface area contributed by atoms with E-state index in [0.29, 0.717) is 25.9 Å². The van der Waals surface area contributed by atoms with Gasteiger partial charge in [0.2, 0.25) is 0 Å². The molecule has 5 nitrogen and oxygen atoms in total. The van der Waals surface area contributed by atoms with E-state index in [1.807, 2.05) is 37.4 Å². The second-order valence-electron chi connectivity index (χ2n) is 8.12. The van der Waals surface area contributed by atoms with Gasteiger partial charge in [-0.25, -0.2) is 0 Å². The first-order chi connectivity index (χ1) is 14.9. The van der Waals surface area contributed by atoms with Crippen LogP contribution in [0.25, 0.3) is 0 Å². The molecule has 0 radical (unpaired) electrons. The topological polar surface area (TPSA) is 78.2 Å². The molecule has 1 aliphatic heterocycles. The van der Waals surface area contributed by atoms with E-state index in [4.69, 9.17) is 4.74 Å². The van der Waals surface area contributed by atoms with Crippen LogP contribution in [0.5, 0.6) is 5.75 Å². The Kier molecular flexibility index (Phi) is 8.27. The zero-order valence-electron chi connectivity index (χ0n) is 18.6. The van der Waals surface area contributed by atoms with E-state index in [2.05, 4.69) is 29.4 Å². The lowest BCUT2D eigenvalue weighted by atomic mass is 9.92. The number of rotatable bonds is 12. The van der Waals surface area contributed by atoms with Crippen LogP contribution in [-0.4, -0.2) is 39.8 Å². The van der Waals surface area contributed by atoms with Gasteiger partial charge in [-0.15, -0.1) is 0 Å². The first-order valence-corrected chi connectivity index (χ1v) is 11.9. The molecule has 2 heterocycles. The molecule has 1 aromatic heterocycles. The van der Waals surface area contributed by atoms with Crippen molar-refractivity contribution in [2.24, 2.45) is 0 Å². The van der Waals surface area contributed by atoms with Crippen molar-refractivity contribution < 1.29 is 14.3 Å². The number of carbonyl (C=O) groups is 2. The van der Waals surface area contributed by atoms with Gasteiger partial charge in [0.1, 0.15) is 11.5 Å². The minimum Gasteiger partial charge on any atom is -0.493 e. The molecule has 1 N–H and O–H groups in total. The Bertz CT molecular complexity index is 879. The van der Waals surface area contributed by atoms with Gasteiger partial charge >= 0.3 is 0 Å². The molecule has 1 fully saturated rings. The molecular weight excluding hydrogens is 408 g/mol. The first-order valence-electron chi connectivity index (χ1n) is 11.1. The van der Waals surface area contributed by atoms with Gasteiger partial charge in [-0.05, 0) is 55.5 Å². The summed E-state index contributed by atoms with van der Waals surface area (Å²) in [5.74, 6) is 0.849.